The van der Waals surface area contributed by atoms with Crippen LogP contribution in [-0.2, 0) is 0 Å². The van der Waals surface area contributed by atoms with Crippen LogP contribution in [-0.4, -0.2) is 11.1 Å². The average molecular weight is 269 g/mol. The summed E-state index contributed by atoms with van der Waals surface area (Å²) in [4.78, 5) is 10.7. The highest BCUT2D eigenvalue weighted by Gasteiger charge is 2.11. The maximum absolute atomic E-state index is 13.7. The molecule has 0 heterocycles. The van der Waals surface area contributed by atoms with E-state index in [1.807, 2.05) is 0 Å². The summed E-state index contributed by atoms with van der Waals surface area (Å²) in [5.41, 5.74) is 0.189. The first-order valence-corrected chi connectivity index (χ1v) is 5.34. The van der Waals surface area contributed by atoms with Crippen molar-refractivity contribution in [2.24, 2.45) is 0 Å². The molecule has 0 spiro atoms. The van der Waals surface area contributed by atoms with Crippen LogP contribution in [0.3, 0.4) is 0 Å². The van der Waals surface area contributed by atoms with Crippen LogP contribution in [0.25, 0.3) is 11.1 Å². The van der Waals surface area contributed by atoms with Crippen LogP contribution >= 0.6 is 11.6 Å². The Morgan fingerprint density at radius 2 is 1.83 bits per heavy atom. The molecule has 1 N–H and O–H groups in total. The fourth-order valence-corrected chi connectivity index (χ4v) is 1.81. The summed E-state index contributed by atoms with van der Waals surface area (Å²) in [6.45, 7) is 0. The monoisotopic (exact) mass is 268 g/mol. The van der Waals surface area contributed by atoms with Crippen molar-refractivity contribution in [3.05, 3.63) is 58.6 Å². The molecule has 0 amide bonds. The number of aromatic carboxylic acids is 1. The Morgan fingerprint density at radius 3 is 2.39 bits per heavy atom. The first-order chi connectivity index (χ1) is 8.47. The lowest BCUT2D eigenvalue weighted by Gasteiger charge is -2.05. The van der Waals surface area contributed by atoms with Crippen LogP contribution in [0.4, 0.5) is 8.78 Å². The number of hydrogen-bond acceptors (Lipinski definition) is 1. The number of carbonyl (C=O) groups is 1. The molecule has 0 aromatic heterocycles. The van der Waals surface area contributed by atoms with E-state index in [4.69, 9.17) is 16.7 Å². The van der Waals surface area contributed by atoms with Crippen molar-refractivity contribution in [3.8, 4) is 11.1 Å². The summed E-state index contributed by atoms with van der Waals surface area (Å²) in [7, 11) is 0. The molecule has 2 aromatic rings. The first kappa shape index (κ1) is 12.5. The van der Waals surface area contributed by atoms with Gasteiger partial charge in [-0.2, -0.15) is 0 Å². The van der Waals surface area contributed by atoms with Gasteiger partial charge in [-0.25, -0.2) is 13.6 Å². The fraction of sp³-hybridized carbons (Fsp3) is 0. The van der Waals surface area contributed by atoms with Crippen molar-refractivity contribution in [2.45, 2.75) is 0 Å². The molecule has 2 aromatic carbocycles. The summed E-state index contributed by atoms with van der Waals surface area (Å²) in [5.74, 6) is -2.55. The molecule has 0 bridgehead atoms. The van der Waals surface area contributed by atoms with Crippen molar-refractivity contribution < 1.29 is 18.7 Å². The van der Waals surface area contributed by atoms with Gasteiger partial charge in [0.05, 0.1) is 5.56 Å². The zero-order valence-electron chi connectivity index (χ0n) is 8.95. The molecule has 2 nitrogen and oxygen atoms in total. The molecule has 92 valence electrons. The highest BCUT2D eigenvalue weighted by molar-refractivity contribution is 6.30. The van der Waals surface area contributed by atoms with Gasteiger partial charge in [0.15, 0.2) is 0 Å². The third-order valence-electron chi connectivity index (χ3n) is 2.39. The van der Waals surface area contributed by atoms with Gasteiger partial charge in [0.2, 0.25) is 0 Å². The van der Waals surface area contributed by atoms with E-state index < -0.39 is 17.6 Å². The van der Waals surface area contributed by atoms with Crippen molar-refractivity contribution >= 4 is 17.6 Å². The van der Waals surface area contributed by atoms with E-state index in [0.717, 1.165) is 18.2 Å². The summed E-state index contributed by atoms with van der Waals surface area (Å²) in [6, 6.07) is 7.06. The van der Waals surface area contributed by atoms with Crippen molar-refractivity contribution in [1.82, 2.24) is 0 Å². The van der Waals surface area contributed by atoms with Crippen LogP contribution in [0.1, 0.15) is 10.4 Å². The Hall–Kier alpha value is -1.94. The molecule has 18 heavy (non-hydrogen) atoms. The Kier molecular flexibility index (Phi) is 3.30. The van der Waals surface area contributed by atoms with Gasteiger partial charge in [-0.1, -0.05) is 17.7 Å². The lowest BCUT2D eigenvalue weighted by molar-refractivity contribution is 0.0696. The summed E-state index contributed by atoms with van der Waals surface area (Å²) in [6.07, 6.45) is 0. The molecule has 0 unspecified atom stereocenters. The van der Waals surface area contributed by atoms with Gasteiger partial charge in [-0.05, 0) is 35.9 Å². The lowest BCUT2D eigenvalue weighted by Crippen LogP contribution is -1.97. The first-order valence-electron chi connectivity index (χ1n) is 4.96. The maximum atomic E-state index is 13.7. The second-order valence-corrected chi connectivity index (χ2v) is 4.09. The van der Waals surface area contributed by atoms with Crippen LogP contribution in [0, 0.1) is 11.6 Å². The van der Waals surface area contributed by atoms with Crippen LogP contribution in [0.2, 0.25) is 5.02 Å². The number of benzene rings is 2. The van der Waals surface area contributed by atoms with Gasteiger partial charge in [0.1, 0.15) is 11.6 Å². The molecule has 5 heteroatoms. The number of rotatable bonds is 2. The summed E-state index contributed by atoms with van der Waals surface area (Å²) < 4.78 is 26.9. The molecule has 0 aliphatic heterocycles. The Morgan fingerprint density at radius 1 is 1.11 bits per heavy atom. The van der Waals surface area contributed by atoms with Crippen LogP contribution in [0.15, 0.2) is 36.4 Å². The predicted molar refractivity (Wildman–Crippen MR) is 63.8 cm³/mol. The Labute approximate surface area is 106 Å². The molecule has 0 aliphatic carbocycles. The average Bonchev–Trinajstić information content (AvgIpc) is 2.27. The van der Waals surface area contributed by atoms with Crippen molar-refractivity contribution in [2.75, 3.05) is 0 Å². The van der Waals surface area contributed by atoms with Gasteiger partial charge in [0.25, 0.3) is 0 Å². The topological polar surface area (TPSA) is 37.3 Å². The van der Waals surface area contributed by atoms with Gasteiger partial charge in [0, 0.05) is 10.6 Å². The third-order valence-corrected chi connectivity index (χ3v) is 2.61. The van der Waals surface area contributed by atoms with E-state index in [-0.39, 0.29) is 21.7 Å². The SMILES string of the molecule is O=C(O)c1ccc(-c2cc(F)cc(Cl)c2)c(F)c1. The second kappa shape index (κ2) is 4.74. The fourth-order valence-electron chi connectivity index (χ4n) is 1.59. The van der Waals surface area contributed by atoms with Gasteiger partial charge >= 0.3 is 5.97 Å². The second-order valence-electron chi connectivity index (χ2n) is 3.66. The molecule has 0 radical (unpaired) electrons. The molecule has 0 saturated heterocycles. The smallest absolute Gasteiger partial charge is 0.335 e. The summed E-state index contributed by atoms with van der Waals surface area (Å²) in [5, 5.41) is 8.86. The Bertz CT molecular complexity index is 606. The lowest BCUT2D eigenvalue weighted by atomic mass is 10.0. The van der Waals surface area contributed by atoms with E-state index in [1.54, 1.807) is 0 Å². The highest BCUT2D eigenvalue weighted by atomic mass is 35.5. The maximum Gasteiger partial charge on any atom is 0.335 e. The van der Waals surface area contributed by atoms with Crippen LogP contribution < -0.4 is 0 Å². The molecule has 0 fully saturated rings. The van der Waals surface area contributed by atoms with E-state index in [2.05, 4.69) is 0 Å². The van der Waals surface area contributed by atoms with Gasteiger partial charge in [-0.3, -0.25) is 0 Å². The number of halogens is 3. The minimum atomic E-state index is -1.22. The number of carboxylic acid groups (broad SMARTS) is 1. The quantitative estimate of drug-likeness (QED) is 0.894. The largest absolute Gasteiger partial charge is 0.478 e. The van der Waals surface area contributed by atoms with E-state index >= 15 is 0 Å². The zero-order valence-corrected chi connectivity index (χ0v) is 9.71. The normalized spacial score (nSPS) is 10.4. The summed E-state index contributed by atoms with van der Waals surface area (Å²) >= 11 is 5.68. The standard InChI is InChI=1S/C13H7ClF2O2/c14-9-3-8(4-10(15)6-9)11-2-1-7(13(17)18)5-12(11)16/h1-6H,(H,17,18). The molecular weight excluding hydrogens is 262 g/mol. The highest BCUT2D eigenvalue weighted by Crippen LogP contribution is 2.27. The molecular formula is C13H7ClF2O2. The number of hydrogen-bond donors (Lipinski definition) is 1. The van der Waals surface area contributed by atoms with Gasteiger partial charge < -0.3 is 5.11 Å². The molecule has 0 saturated carbocycles. The van der Waals surface area contributed by atoms with E-state index in [1.165, 1.54) is 18.2 Å². The molecule has 0 aliphatic rings. The van der Waals surface area contributed by atoms with Crippen molar-refractivity contribution in [3.63, 3.8) is 0 Å². The minimum Gasteiger partial charge on any atom is -0.478 e. The van der Waals surface area contributed by atoms with Gasteiger partial charge in [-0.15, -0.1) is 0 Å². The minimum absolute atomic E-state index is 0.0985. The Balaban J connectivity index is 2.54. The predicted octanol–water partition coefficient (Wildman–Crippen LogP) is 3.98. The van der Waals surface area contributed by atoms with Crippen LogP contribution in [0.5, 0.6) is 0 Å². The zero-order chi connectivity index (χ0) is 13.3. The third kappa shape index (κ3) is 2.49. The van der Waals surface area contributed by atoms with E-state index in [9.17, 15) is 13.6 Å². The molecule has 2 rings (SSSR count). The van der Waals surface area contributed by atoms with Crippen molar-refractivity contribution in [1.29, 1.82) is 0 Å². The number of carboxylic acids is 1. The van der Waals surface area contributed by atoms with E-state index in [0.29, 0.717) is 0 Å². The molecule has 0 atom stereocenters.